The predicted octanol–water partition coefficient (Wildman–Crippen LogP) is 3.02. The molecule has 1 aromatic heterocycles. The van der Waals surface area contributed by atoms with Crippen molar-refractivity contribution in [3.8, 4) is 11.5 Å². The van der Waals surface area contributed by atoms with Crippen molar-refractivity contribution in [3.05, 3.63) is 55.5 Å². The molecule has 166 valence electrons. The number of hydrogen-bond acceptors (Lipinski definition) is 5. The van der Waals surface area contributed by atoms with Crippen LogP contribution in [-0.2, 0) is 6.54 Å². The summed E-state index contributed by atoms with van der Waals surface area (Å²) in [4.78, 5) is 28.0. The second kappa shape index (κ2) is 8.93. The van der Waals surface area contributed by atoms with E-state index in [0.717, 1.165) is 37.2 Å². The first-order chi connectivity index (χ1) is 14.8. The summed E-state index contributed by atoms with van der Waals surface area (Å²) in [6, 6.07) is 3.49. The van der Waals surface area contributed by atoms with Gasteiger partial charge in [0.2, 0.25) is 0 Å². The number of carbonyl (C=O) groups is 1. The zero-order valence-corrected chi connectivity index (χ0v) is 18.8. The van der Waals surface area contributed by atoms with Crippen LogP contribution in [0.2, 0.25) is 5.02 Å². The third-order valence-electron chi connectivity index (χ3n) is 6.17. The topological polar surface area (TPSA) is 92.4 Å². The number of nitrogens with one attached hydrogen (secondary N) is 3. The number of hydrogen-bond donors (Lipinski definition) is 3. The molecule has 0 bridgehead atoms. The van der Waals surface area contributed by atoms with Crippen molar-refractivity contribution in [2.24, 2.45) is 5.92 Å². The number of halogens is 1. The molecule has 2 aliphatic heterocycles. The van der Waals surface area contributed by atoms with Gasteiger partial charge in [-0.05, 0) is 64.4 Å². The van der Waals surface area contributed by atoms with Crippen LogP contribution < -0.4 is 25.7 Å². The SMILES string of the molecule is Cc1cc(C)c(CNC(=O)c2cc(Cl)c3c(c2C)OC(C2CCNCC2)CO3)c(=O)[nH]1. The molecule has 1 atom stereocenters. The zero-order chi connectivity index (χ0) is 22.1. The summed E-state index contributed by atoms with van der Waals surface area (Å²) >= 11 is 6.43. The zero-order valence-electron chi connectivity index (χ0n) is 18.1. The maximum atomic E-state index is 13.0. The van der Waals surface area contributed by atoms with Gasteiger partial charge in [0.15, 0.2) is 11.5 Å². The van der Waals surface area contributed by atoms with Crippen molar-refractivity contribution in [3.63, 3.8) is 0 Å². The molecule has 4 rings (SSSR count). The molecule has 1 fully saturated rings. The molecule has 0 aliphatic carbocycles. The molecule has 0 saturated carbocycles. The third-order valence-corrected chi connectivity index (χ3v) is 6.45. The van der Waals surface area contributed by atoms with Gasteiger partial charge >= 0.3 is 0 Å². The molecule has 2 aromatic rings. The Kier molecular flexibility index (Phi) is 6.25. The summed E-state index contributed by atoms with van der Waals surface area (Å²) in [5.41, 5.74) is 3.06. The minimum Gasteiger partial charge on any atom is -0.484 e. The lowest BCUT2D eigenvalue weighted by Gasteiger charge is -2.35. The number of piperidine rings is 1. The normalized spacial score (nSPS) is 18.6. The molecule has 1 amide bonds. The molecular weight excluding hydrogens is 418 g/mol. The van der Waals surface area contributed by atoms with Crippen molar-refractivity contribution >= 4 is 17.5 Å². The number of ether oxygens (including phenoxy) is 2. The lowest BCUT2D eigenvalue weighted by Crippen LogP contribution is -2.42. The van der Waals surface area contributed by atoms with E-state index in [1.165, 1.54) is 0 Å². The van der Waals surface area contributed by atoms with Crippen LogP contribution in [-0.4, -0.2) is 36.7 Å². The number of pyridine rings is 1. The molecule has 1 saturated heterocycles. The van der Waals surface area contributed by atoms with Crippen molar-refractivity contribution in [1.82, 2.24) is 15.6 Å². The fraction of sp³-hybridized carbons (Fsp3) is 0.478. The number of amides is 1. The van der Waals surface area contributed by atoms with Gasteiger partial charge < -0.3 is 25.1 Å². The van der Waals surface area contributed by atoms with E-state index >= 15 is 0 Å². The van der Waals surface area contributed by atoms with Crippen LogP contribution in [0.15, 0.2) is 16.9 Å². The Hall–Kier alpha value is -2.51. The number of rotatable bonds is 4. The summed E-state index contributed by atoms with van der Waals surface area (Å²) in [6.07, 6.45) is 2.00. The first-order valence-electron chi connectivity index (χ1n) is 10.7. The van der Waals surface area contributed by atoms with E-state index in [0.29, 0.717) is 45.7 Å². The molecule has 2 aliphatic rings. The van der Waals surface area contributed by atoms with Crippen LogP contribution in [0, 0.1) is 26.7 Å². The highest BCUT2D eigenvalue weighted by atomic mass is 35.5. The Bertz CT molecular complexity index is 1060. The van der Waals surface area contributed by atoms with E-state index < -0.39 is 0 Å². The number of H-pyrrole nitrogens is 1. The van der Waals surface area contributed by atoms with Crippen molar-refractivity contribution in [2.45, 2.75) is 46.3 Å². The first-order valence-corrected chi connectivity index (χ1v) is 11.0. The quantitative estimate of drug-likeness (QED) is 0.672. The Morgan fingerprint density at radius 2 is 1.94 bits per heavy atom. The van der Waals surface area contributed by atoms with Gasteiger partial charge in [-0.15, -0.1) is 0 Å². The minimum atomic E-state index is -0.311. The second-order valence-corrected chi connectivity index (χ2v) is 8.78. The monoisotopic (exact) mass is 445 g/mol. The highest BCUT2D eigenvalue weighted by molar-refractivity contribution is 6.32. The predicted molar refractivity (Wildman–Crippen MR) is 119 cm³/mol. The average Bonchev–Trinajstić information content (AvgIpc) is 2.75. The number of fused-ring (bicyclic) bond motifs is 1. The molecule has 1 aromatic carbocycles. The highest BCUT2D eigenvalue weighted by Crippen LogP contribution is 2.44. The molecule has 7 nitrogen and oxygen atoms in total. The Balaban J connectivity index is 1.55. The summed E-state index contributed by atoms with van der Waals surface area (Å²) < 4.78 is 12.3. The van der Waals surface area contributed by atoms with Crippen LogP contribution in [0.3, 0.4) is 0 Å². The van der Waals surface area contributed by atoms with E-state index in [2.05, 4.69) is 15.6 Å². The molecule has 3 heterocycles. The van der Waals surface area contributed by atoms with Gasteiger partial charge in [-0.3, -0.25) is 9.59 Å². The molecule has 0 spiro atoms. The standard InChI is InChI=1S/C23H28ClN3O4/c1-12-8-13(2)27-23(29)17(12)10-26-22(28)16-9-18(24)21-20(14(16)3)31-19(11-30-21)15-4-6-25-7-5-15/h8-9,15,19,25H,4-7,10-11H2,1-3H3,(H,26,28)(H,27,29). The summed E-state index contributed by atoms with van der Waals surface area (Å²) in [5.74, 6) is 1.12. The van der Waals surface area contributed by atoms with Gasteiger partial charge in [-0.25, -0.2) is 0 Å². The van der Waals surface area contributed by atoms with Gasteiger partial charge in [0.25, 0.3) is 11.5 Å². The van der Waals surface area contributed by atoms with E-state index in [9.17, 15) is 9.59 Å². The van der Waals surface area contributed by atoms with Gasteiger partial charge in [-0.1, -0.05) is 11.6 Å². The van der Waals surface area contributed by atoms with E-state index in [4.69, 9.17) is 21.1 Å². The van der Waals surface area contributed by atoms with E-state index in [1.807, 2.05) is 26.8 Å². The largest absolute Gasteiger partial charge is 0.484 e. The van der Waals surface area contributed by atoms with Crippen LogP contribution in [0.25, 0.3) is 0 Å². The molecule has 0 radical (unpaired) electrons. The van der Waals surface area contributed by atoms with Crippen molar-refractivity contribution in [2.75, 3.05) is 19.7 Å². The fourth-order valence-corrected chi connectivity index (χ4v) is 4.63. The Labute approximate surface area is 186 Å². The molecule has 3 N–H and O–H groups in total. The summed E-state index contributed by atoms with van der Waals surface area (Å²) in [5, 5.41) is 6.55. The number of carbonyl (C=O) groups excluding carboxylic acids is 1. The summed E-state index contributed by atoms with van der Waals surface area (Å²) in [6.45, 7) is 8.04. The third kappa shape index (κ3) is 4.43. The van der Waals surface area contributed by atoms with Gasteiger partial charge in [0.1, 0.15) is 12.7 Å². The van der Waals surface area contributed by atoms with Crippen LogP contribution >= 0.6 is 11.6 Å². The first kappa shape index (κ1) is 21.7. The van der Waals surface area contributed by atoms with Gasteiger partial charge in [0, 0.05) is 34.8 Å². The van der Waals surface area contributed by atoms with E-state index in [1.54, 1.807) is 6.07 Å². The van der Waals surface area contributed by atoms with E-state index in [-0.39, 0.29) is 24.1 Å². The van der Waals surface area contributed by atoms with Crippen LogP contribution in [0.5, 0.6) is 11.5 Å². The van der Waals surface area contributed by atoms with Crippen molar-refractivity contribution < 1.29 is 14.3 Å². The maximum Gasteiger partial charge on any atom is 0.253 e. The van der Waals surface area contributed by atoms with Crippen molar-refractivity contribution in [1.29, 1.82) is 0 Å². The summed E-state index contributed by atoms with van der Waals surface area (Å²) in [7, 11) is 0. The number of aromatic amines is 1. The average molecular weight is 446 g/mol. The fourth-order valence-electron chi connectivity index (χ4n) is 4.38. The van der Waals surface area contributed by atoms with Crippen LogP contribution in [0.1, 0.15) is 45.6 Å². The number of benzene rings is 1. The molecule has 1 unspecified atom stereocenters. The second-order valence-electron chi connectivity index (χ2n) is 8.37. The smallest absolute Gasteiger partial charge is 0.253 e. The Morgan fingerprint density at radius 1 is 1.19 bits per heavy atom. The lowest BCUT2D eigenvalue weighted by molar-refractivity contribution is 0.0359. The Morgan fingerprint density at radius 3 is 2.65 bits per heavy atom. The number of aromatic nitrogens is 1. The molecular formula is C23H28ClN3O4. The minimum absolute atomic E-state index is 0.0588. The van der Waals surface area contributed by atoms with Crippen LogP contribution in [0.4, 0.5) is 0 Å². The molecule has 31 heavy (non-hydrogen) atoms. The van der Waals surface area contributed by atoms with Gasteiger partial charge in [-0.2, -0.15) is 0 Å². The number of aryl methyl sites for hydroxylation is 2. The molecule has 8 heteroatoms. The van der Waals surface area contributed by atoms with Gasteiger partial charge in [0.05, 0.1) is 5.02 Å². The lowest BCUT2D eigenvalue weighted by atomic mass is 9.92. The maximum absolute atomic E-state index is 13.0. The highest BCUT2D eigenvalue weighted by Gasteiger charge is 2.33.